The second-order valence-electron chi connectivity index (χ2n) is 6.77. The van der Waals surface area contributed by atoms with Crippen molar-refractivity contribution in [3.05, 3.63) is 51.2 Å². The standard InChI is InChI=1S/C19H22ClN5OS2/c1-11(2)12(3)21-18(26)16-9-27-17(22-16)10-28-19-24-23-13(4)25(19)15-7-5-6-14(20)8-15/h5-9,11-12H,10H2,1-4H3,(H,21,26). The molecule has 1 atom stereocenters. The number of aryl methyl sites for hydroxylation is 1. The molecule has 0 aliphatic rings. The van der Waals surface area contributed by atoms with Crippen molar-refractivity contribution >= 4 is 40.6 Å². The van der Waals surface area contributed by atoms with E-state index in [1.165, 1.54) is 23.1 Å². The number of nitrogens with one attached hydrogen (secondary N) is 1. The molecule has 1 N–H and O–H groups in total. The number of aromatic nitrogens is 4. The molecule has 3 rings (SSSR count). The van der Waals surface area contributed by atoms with Crippen LogP contribution in [0.1, 0.15) is 42.1 Å². The lowest BCUT2D eigenvalue weighted by molar-refractivity contribution is 0.0926. The molecule has 2 aromatic heterocycles. The molecule has 1 aromatic carbocycles. The minimum atomic E-state index is -0.133. The van der Waals surface area contributed by atoms with E-state index in [-0.39, 0.29) is 11.9 Å². The molecule has 0 aliphatic heterocycles. The van der Waals surface area contributed by atoms with Gasteiger partial charge in [-0.05, 0) is 38.0 Å². The normalized spacial score (nSPS) is 12.4. The second kappa shape index (κ2) is 9.07. The number of hydrogen-bond donors (Lipinski definition) is 1. The SMILES string of the molecule is Cc1nnc(SCc2nc(C(=O)NC(C)C(C)C)cs2)n1-c1cccc(Cl)c1. The summed E-state index contributed by atoms with van der Waals surface area (Å²) >= 11 is 9.12. The monoisotopic (exact) mass is 435 g/mol. The molecule has 9 heteroatoms. The Kier molecular flexibility index (Phi) is 6.74. The number of benzene rings is 1. The number of hydrogen-bond acceptors (Lipinski definition) is 6. The molecule has 28 heavy (non-hydrogen) atoms. The summed E-state index contributed by atoms with van der Waals surface area (Å²) in [7, 11) is 0. The molecule has 0 aliphatic carbocycles. The largest absolute Gasteiger partial charge is 0.348 e. The molecule has 1 unspecified atom stereocenters. The summed E-state index contributed by atoms with van der Waals surface area (Å²) in [5, 5.41) is 15.5. The van der Waals surface area contributed by atoms with Crippen molar-refractivity contribution < 1.29 is 4.79 Å². The molecule has 0 fully saturated rings. The number of nitrogens with zero attached hydrogens (tertiary/aromatic N) is 4. The maximum Gasteiger partial charge on any atom is 0.270 e. The van der Waals surface area contributed by atoms with Gasteiger partial charge in [0.05, 0.1) is 11.4 Å². The lowest BCUT2D eigenvalue weighted by Gasteiger charge is -2.16. The van der Waals surface area contributed by atoms with E-state index in [2.05, 4.69) is 34.3 Å². The minimum absolute atomic E-state index is 0.103. The highest BCUT2D eigenvalue weighted by atomic mass is 35.5. The van der Waals surface area contributed by atoms with Crippen molar-refractivity contribution in [3.63, 3.8) is 0 Å². The zero-order valence-corrected chi connectivity index (χ0v) is 18.5. The van der Waals surface area contributed by atoms with Gasteiger partial charge in [0.2, 0.25) is 0 Å². The first kappa shape index (κ1) is 20.8. The number of carbonyl (C=O) groups excluding carboxylic acids is 1. The van der Waals surface area contributed by atoms with E-state index in [9.17, 15) is 4.79 Å². The lowest BCUT2D eigenvalue weighted by atomic mass is 10.1. The summed E-state index contributed by atoms with van der Waals surface area (Å²) in [5.74, 6) is 1.63. The van der Waals surface area contributed by atoms with Crippen LogP contribution in [-0.2, 0) is 5.75 Å². The molecular weight excluding hydrogens is 414 g/mol. The molecule has 0 bridgehead atoms. The van der Waals surface area contributed by atoms with Crippen molar-refractivity contribution in [1.29, 1.82) is 0 Å². The Bertz CT molecular complexity index is 969. The molecule has 148 valence electrons. The van der Waals surface area contributed by atoms with E-state index in [0.29, 0.717) is 22.4 Å². The van der Waals surface area contributed by atoms with E-state index < -0.39 is 0 Å². The van der Waals surface area contributed by atoms with Gasteiger partial charge in [0, 0.05) is 16.4 Å². The highest BCUT2D eigenvalue weighted by molar-refractivity contribution is 7.98. The predicted octanol–water partition coefficient (Wildman–Crippen LogP) is 4.75. The van der Waals surface area contributed by atoms with Crippen molar-refractivity contribution in [3.8, 4) is 5.69 Å². The Hall–Kier alpha value is -1.90. The number of rotatable bonds is 7. The van der Waals surface area contributed by atoms with Gasteiger partial charge in [0.15, 0.2) is 5.16 Å². The Balaban J connectivity index is 1.69. The van der Waals surface area contributed by atoms with Gasteiger partial charge < -0.3 is 5.32 Å². The van der Waals surface area contributed by atoms with Crippen LogP contribution in [0.15, 0.2) is 34.8 Å². The number of carbonyl (C=O) groups is 1. The Morgan fingerprint density at radius 3 is 2.82 bits per heavy atom. The molecule has 0 saturated carbocycles. The summed E-state index contributed by atoms with van der Waals surface area (Å²) in [6.45, 7) is 8.05. The molecule has 2 heterocycles. The third-order valence-electron chi connectivity index (χ3n) is 4.33. The topological polar surface area (TPSA) is 72.7 Å². The van der Waals surface area contributed by atoms with E-state index >= 15 is 0 Å². The predicted molar refractivity (Wildman–Crippen MR) is 115 cm³/mol. The highest BCUT2D eigenvalue weighted by Crippen LogP contribution is 2.27. The number of amides is 1. The Labute approximate surface area is 177 Å². The van der Waals surface area contributed by atoms with Crippen molar-refractivity contribution in [2.24, 2.45) is 5.92 Å². The smallest absolute Gasteiger partial charge is 0.270 e. The van der Waals surface area contributed by atoms with Crippen LogP contribution >= 0.6 is 34.7 Å². The van der Waals surface area contributed by atoms with Crippen LogP contribution in [0.2, 0.25) is 5.02 Å². The van der Waals surface area contributed by atoms with Gasteiger partial charge >= 0.3 is 0 Å². The van der Waals surface area contributed by atoms with Gasteiger partial charge in [0.1, 0.15) is 16.5 Å². The van der Waals surface area contributed by atoms with Crippen LogP contribution in [-0.4, -0.2) is 31.7 Å². The maximum absolute atomic E-state index is 12.3. The third-order valence-corrected chi connectivity index (χ3v) is 6.54. The van der Waals surface area contributed by atoms with Crippen molar-refractivity contribution in [1.82, 2.24) is 25.1 Å². The second-order valence-corrected chi connectivity index (χ2v) is 9.09. The average Bonchev–Trinajstić information content (AvgIpc) is 3.26. The van der Waals surface area contributed by atoms with Crippen molar-refractivity contribution in [2.45, 2.75) is 44.6 Å². The zero-order chi connectivity index (χ0) is 20.3. The van der Waals surface area contributed by atoms with E-state index in [1.807, 2.05) is 42.7 Å². The Morgan fingerprint density at radius 2 is 2.11 bits per heavy atom. The molecule has 0 saturated heterocycles. The number of thiazole rings is 1. The van der Waals surface area contributed by atoms with Crippen LogP contribution in [0, 0.1) is 12.8 Å². The van der Waals surface area contributed by atoms with Gasteiger partial charge in [-0.3, -0.25) is 9.36 Å². The summed E-state index contributed by atoms with van der Waals surface area (Å²) in [6, 6.07) is 7.68. The molecule has 1 amide bonds. The highest BCUT2D eigenvalue weighted by Gasteiger charge is 2.17. The maximum atomic E-state index is 12.3. The van der Waals surface area contributed by atoms with E-state index in [1.54, 1.807) is 5.38 Å². The Morgan fingerprint density at radius 1 is 1.32 bits per heavy atom. The first-order chi connectivity index (χ1) is 13.3. The van der Waals surface area contributed by atoms with Gasteiger partial charge in [-0.1, -0.05) is 43.3 Å². The summed E-state index contributed by atoms with van der Waals surface area (Å²) in [5.41, 5.74) is 1.37. The van der Waals surface area contributed by atoms with Gasteiger partial charge in [-0.2, -0.15) is 0 Å². The van der Waals surface area contributed by atoms with Crippen LogP contribution in [0.4, 0.5) is 0 Å². The van der Waals surface area contributed by atoms with Crippen LogP contribution in [0.5, 0.6) is 0 Å². The first-order valence-corrected chi connectivity index (χ1v) is 11.2. The zero-order valence-electron chi connectivity index (χ0n) is 16.1. The fourth-order valence-electron chi connectivity index (χ4n) is 2.40. The average molecular weight is 436 g/mol. The van der Waals surface area contributed by atoms with E-state index in [0.717, 1.165) is 21.7 Å². The van der Waals surface area contributed by atoms with Crippen LogP contribution in [0.25, 0.3) is 5.69 Å². The van der Waals surface area contributed by atoms with E-state index in [4.69, 9.17) is 11.6 Å². The fraction of sp³-hybridized carbons (Fsp3) is 0.368. The van der Waals surface area contributed by atoms with Gasteiger partial charge in [-0.25, -0.2) is 4.98 Å². The minimum Gasteiger partial charge on any atom is -0.348 e. The fourth-order valence-corrected chi connectivity index (χ4v) is 4.38. The summed E-state index contributed by atoms with van der Waals surface area (Å²) in [6.07, 6.45) is 0. The molecule has 0 radical (unpaired) electrons. The molecule has 0 spiro atoms. The number of thioether (sulfide) groups is 1. The summed E-state index contributed by atoms with van der Waals surface area (Å²) < 4.78 is 1.96. The van der Waals surface area contributed by atoms with Crippen LogP contribution in [0.3, 0.4) is 0 Å². The first-order valence-electron chi connectivity index (χ1n) is 8.91. The third kappa shape index (κ3) is 4.92. The van der Waals surface area contributed by atoms with Gasteiger partial charge in [-0.15, -0.1) is 21.5 Å². The quantitative estimate of drug-likeness (QED) is 0.542. The molecule has 3 aromatic rings. The van der Waals surface area contributed by atoms with Gasteiger partial charge in [0.25, 0.3) is 5.91 Å². The summed E-state index contributed by atoms with van der Waals surface area (Å²) in [4.78, 5) is 16.8. The molecule has 6 nitrogen and oxygen atoms in total. The molecular formula is C19H22ClN5OS2. The van der Waals surface area contributed by atoms with Crippen LogP contribution < -0.4 is 5.32 Å². The number of halogens is 1. The lowest BCUT2D eigenvalue weighted by Crippen LogP contribution is -2.36. The van der Waals surface area contributed by atoms with Crippen molar-refractivity contribution in [2.75, 3.05) is 0 Å².